The lowest BCUT2D eigenvalue weighted by Gasteiger charge is -2.27. The van der Waals surface area contributed by atoms with Gasteiger partial charge in [0, 0.05) is 29.3 Å². The summed E-state index contributed by atoms with van der Waals surface area (Å²) in [6.45, 7) is 9.08. The van der Waals surface area contributed by atoms with Gasteiger partial charge in [-0.1, -0.05) is 35.8 Å². The van der Waals surface area contributed by atoms with E-state index < -0.39 is 0 Å². The zero-order chi connectivity index (χ0) is 14.8. The van der Waals surface area contributed by atoms with Crippen molar-refractivity contribution in [2.75, 3.05) is 18.0 Å². The maximum atomic E-state index is 5.89. The van der Waals surface area contributed by atoms with Crippen molar-refractivity contribution in [3.05, 3.63) is 28.2 Å². The SMILES string of the molecule is CCC1(CC)CCN(c2ccc(CC(C)N)c(Br)c2)C1. The van der Waals surface area contributed by atoms with Crippen molar-refractivity contribution in [2.45, 2.75) is 52.5 Å². The Hall–Kier alpha value is -0.540. The lowest BCUT2D eigenvalue weighted by molar-refractivity contribution is 0.301. The van der Waals surface area contributed by atoms with Crippen LogP contribution in [0.15, 0.2) is 22.7 Å². The minimum absolute atomic E-state index is 0.205. The summed E-state index contributed by atoms with van der Waals surface area (Å²) in [6.07, 6.45) is 4.81. The fourth-order valence-corrected chi connectivity index (χ4v) is 3.76. The average Bonchev–Trinajstić information content (AvgIpc) is 2.86. The van der Waals surface area contributed by atoms with Crippen molar-refractivity contribution in [1.82, 2.24) is 0 Å². The fourth-order valence-electron chi connectivity index (χ4n) is 3.23. The average molecular weight is 339 g/mol. The molecule has 0 radical (unpaired) electrons. The van der Waals surface area contributed by atoms with Gasteiger partial charge in [-0.3, -0.25) is 0 Å². The molecule has 2 N–H and O–H groups in total. The third kappa shape index (κ3) is 3.37. The molecule has 2 nitrogen and oxygen atoms in total. The maximum absolute atomic E-state index is 5.89. The first-order valence-electron chi connectivity index (χ1n) is 7.78. The largest absolute Gasteiger partial charge is 0.371 e. The summed E-state index contributed by atoms with van der Waals surface area (Å²) in [5.74, 6) is 0. The van der Waals surface area contributed by atoms with Gasteiger partial charge in [-0.15, -0.1) is 0 Å². The van der Waals surface area contributed by atoms with Crippen LogP contribution in [0.1, 0.15) is 45.6 Å². The molecule has 1 saturated heterocycles. The van der Waals surface area contributed by atoms with Gasteiger partial charge in [-0.25, -0.2) is 0 Å². The normalized spacial score (nSPS) is 19.4. The van der Waals surface area contributed by atoms with Gasteiger partial charge in [0.05, 0.1) is 0 Å². The molecule has 1 aliphatic rings. The molecule has 0 saturated carbocycles. The fraction of sp³-hybridized carbons (Fsp3) is 0.647. The Kier molecular flexibility index (Phi) is 5.14. The summed E-state index contributed by atoms with van der Waals surface area (Å²) in [4.78, 5) is 2.54. The van der Waals surface area contributed by atoms with E-state index in [-0.39, 0.29) is 6.04 Å². The summed E-state index contributed by atoms with van der Waals surface area (Å²) in [5, 5.41) is 0. The second-order valence-corrected chi connectivity index (χ2v) is 7.19. The third-order valence-corrected chi connectivity index (χ3v) is 5.62. The number of rotatable bonds is 5. The van der Waals surface area contributed by atoms with Gasteiger partial charge in [0.1, 0.15) is 0 Å². The second-order valence-electron chi connectivity index (χ2n) is 6.34. The zero-order valence-corrected chi connectivity index (χ0v) is 14.5. The number of nitrogens with zero attached hydrogens (tertiary/aromatic N) is 1. The summed E-state index contributed by atoms with van der Waals surface area (Å²) >= 11 is 3.70. The lowest BCUT2D eigenvalue weighted by Crippen LogP contribution is -2.26. The quantitative estimate of drug-likeness (QED) is 0.864. The maximum Gasteiger partial charge on any atom is 0.0377 e. The number of anilines is 1. The summed E-state index contributed by atoms with van der Waals surface area (Å²) in [7, 11) is 0. The van der Waals surface area contributed by atoms with Crippen LogP contribution < -0.4 is 10.6 Å². The van der Waals surface area contributed by atoms with Crippen LogP contribution in [0.4, 0.5) is 5.69 Å². The topological polar surface area (TPSA) is 29.3 Å². The van der Waals surface area contributed by atoms with Crippen LogP contribution in [0.5, 0.6) is 0 Å². The highest BCUT2D eigenvalue weighted by atomic mass is 79.9. The zero-order valence-electron chi connectivity index (χ0n) is 13.0. The van der Waals surface area contributed by atoms with E-state index >= 15 is 0 Å². The molecule has 112 valence electrons. The Morgan fingerprint density at radius 1 is 1.35 bits per heavy atom. The Balaban J connectivity index is 2.13. The summed E-state index contributed by atoms with van der Waals surface area (Å²) in [5.41, 5.74) is 9.07. The van der Waals surface area contributed by atoms with E-state index in [2.05, 4.69) is 59.8 Å². The Morgan fingerprint density at radius 2 is 2.05 bits per heavy atom. The van der Waals surface area contributed by atoms with Crippen LogP contribution in [0.3, 0.4) is 0 Å². The molecule has 0 aliphatic carbocycles. The van der Waals surface area contributed by atoms with Gasteiger partial charge in [-0.2, -0.15) is 0 Å². The highest BCUT2D eigenvalue weighted by molar-refractivity contribution is 9.10. The van der Waals surface area contributed by atoms with Crippen molar-refractivity contribution in [2.24, 2.45) is 11.1 Å². The van der Waals surface area contributed by atoms with E-state index in [0.717, 1.165) is 6.42 Å². The van der Waals surface area contributed by atoms with E-state index in [1.54, 1.807) is 0 Å². The Labute approximate surface area is 131 Å². The van der Waals surface area contributed by atoms with Crippen LogP contribution in [-0.4, -0.2) is 19.1 Å². The van der Waals surface area contributed by atoms with Crippen molar-refractivity contribution < 1.29 is 0 Å². The van der Waals surface area contributed by atoms with E-state index in [0.29, 0.717) is 5.41 Å². The molecule has 1 aromatic carbocycles. The first-order valence-corrected chi connectivity index (χ1v) is 8.58. The van der Waals surface area contributed by atoms with Crippen LogP contribution in [0.25, 0.3) is 0 Å². The van der Waals surface area contributed by atoms with E-state index in [1.165, 1.54) is 48.1 Å². The van der Waals surface area contributed by atoms with Gasteiger partial charge in [0.2, 0.25) is 0 Å². The van der Waals surface area contributed by atoms with Gasteiger partial charge in [0.25, 0.3) is 0 Å². The van der Waals surface area contributed by atoms with Gasteiger partial charge in [0.15, 0.2) is 0 Å². The molecule has 1 aromatic rings. The molecule has 1 atom stereocenters. The van der Waals surface area contributed by atoms with Gasteiger partial charge in [-0.05, 0) is 55.7 Å². The van der Waals surface area contributed by atoms with Crippen LogP contribution in [0.2, 0.25) is 0 Å². The van der Waals surface area contributed by atoms with E-state index in [1.807, 2.05) is 0 Å². The standard InChI is InChI=1S/C17H27BrN2/c1-4-17(5-2)8-9-20(12-17)15-7-6-14(10-13(3)19)16(18)11-15/h6-7,11,13H,4-5,8-10,12,19H2,1-3H3. The number of hydrogen-bond acceptors (Lipinski definition) is 2. The van der Waals surface area contributed by atoms with E-state index in [4.69, 9.17) is 5.73 Å². The minimum Gasteiger partial charge on any atom is -0.371 e. The Bertz CT molecular complexity index is 452. The predicted molar refractivity (Wildman–Crippen MR) is 91.3 cm³/mol. The first kappa shape index (κ1) is 15.8. The van der Waals surface area contributed by atoms with Crippen LogP contribution in [0, 0.1) is 5.41 Å². The molecule has 3 heteroatoms. The monoisotopic (exact) mass is 338 g/mol. The molecule has 0 spiro atoms. The van der Waals surface area contributed by atoms with Gasteiger partial charge >= 0.3 is 0 Å². The molecule has 0 aromatic heterocycles. The van der Waals surface area contributed by atoms with Crippen molar-refractivity contribution in [1.29, 1.82) is 0 Å². The van der Waals surface area contributed by atoms with Crippen LogP contribution >= 0.6 is 15.9 Å². The highest BCUT2D eigenvalue weighted by Crippen LogP contribution is 2.39. The van der Waals surface area contributed by atoms with Crippen LogP contribution in [-0.2, 0) is 6.42 Å². The molecule has 1 heterocycles. The van der Waals surface area contributed by atoms with Crippen molar-refractivity contribution in [3.63, 3.8) is 0 Å². The second kappa shape index (κ2) is 6.48. The summed E-state index contributed by atoms with van der Waals surface area (Å²) in [6, 6.07) is 6.95. The molecular formula is C17H27BrN2. The predicted octanol–water partition coefficient (Wildman–Crippen LogP) is 4.36. The number of hydrogen-bond donors (Lipinski definition) is 1. The number of benzene rings is 1. The third-order valence-electron chi connectivity index (χ3n) is 4.88. The molecule has 1 aliphatic heterocycles. The van der Waals surface area contributed by atoms with Crippen molar-refractivity contribution >= 4 is 21.6 Å². The molecular weight excluding hydrogens is 312 g/mol. The first-order chi connectivity index (χ1) is 9.49. The minimum atomic E-state index is 0.205. The van der Waals surface area contributed by atoms with E-state index in [9.17, 15) is 0 Å². The number of halogens is 1. The molecule has 0 amide bonds. The molecule has 1 fully saturated rings. The molecule has 1 unspecified atom stereocenters. The smallest absolute Gasteiger partial charge is 0.0377 e. The number of nitrogens with two attached hydrogens (primary N) is 1. The molecule has 0 bridgehead atoms. The lowest BCUT2D eigenvalue weighted by atomic mass is 9.82. The Morgan fingerprint density at radius 3 is 2.55 bits per heavy atom. The van der Waals surface area contributed by atoms with Crippen molar-refractivity contribution in [3.8, 4) is 0 Å². The summed E-state index contributed by atoms with van der Waals surface area (Å²) < 4.78 is 1.19. The molecule has 20 heavy (non-hydrogen) atoms. The highest BCUT2D eigenvalue weighted by Gasteiger charge is 2.34. The van der Waals surface area contributed by atoms with Gasteiger partial charge < -0.3 is 10.6 Å². The molecule has 2 rings (SSSR count).